The van der Waals surface area contributed by atoms with Crippen LogP contribution in [-0.2, 0) is 0 Å². The van der Waals surface area contributed by atoms with Crippen LogP contribution in [0.2, 0.25) is 5.02 Å². The summed E-state index contributed by atoms with van der Waals surface area (Å²) >= 11 is 6.28. The monoisotopic (exact) mass is 408 g/mol. The maximum absolute atomic E-state index is 6.28. The lowest BCUT2D eigenvalue weighted by molar-refractivity contribution is 0.344. The predicted octanol–water partition coefficient (Wildman–Crippen LogP) is 4.95. The molecule has 0 saturated heterocycles. The van der Waals surface area contributed by atoms with Crippen LogP contribution in [-0.4, -0.2) is 23.1 Å². The van der Waals surface area contributed by atoms with Gasteiger partial charge in [0.05, 0.1) is 18.3 Å². The highest BCUT2D eigenvalue weighted by Crippen LogP contribution is 2.36. The van der Waals surface area contributed by atoms with Gasteiger partial charge in [0, 0.05) is 22.4 Å². The number of nitrogens with zero attached hydrogens (tertiary/aromatic N) is 2. The van der Waals surface area contributed by atoms with E-state index in [-0.39, 0.29) is 0 Å². The highest BCUT2D eigenvalue weighted by molar-refractivity contribution is 6.32. The molecule has 29 heavy (non-hydrogen) atoms. The standard InChI is InChI=1S/C23H25ClN4O/c1-29-18-11-12-21-19(14-18)23(16-6-9-17(28-25)10-7-16)27-22(26-21)13-8-15-4-2-3-5-20(15)24/h2-5,8,11-14,16-17,28H,6-7,9-10,25H2,1H3/b13-8-. The van der Waals surface area contributed by atoms with Gasteiger partial charge < -0.3 is 4.74 Å². The summed E-state index contributed by atoms with van der Waals surface area (Å²) in [5.41, 5.74) is 5.87. The highest BCUT2D eigenvalue weighted by atomic mass is 35.5. The number of nitrogens with two attached hydrogens (primary N) is 1. The molecule has 3 N–H and O–H groups in total. The molecule has 3 aromatic rings. The Balaban J connectivity index is 1.74. The van der Waals surface area contributed by atoms with E-state index in [1.807, 2.05) is 54.6 Å². The van der Waals surface area contributed by atoms with Crippen LogP contribution in [0.15, 0.2) is 42.5 Å². The highest BCUT2D eigenvalue weighted by Gasteiger charge is 2.25. The predicted molar refractivity (Wildman–Crippen MR) is 119 cm³/mol. The number of rotatable bonds is 5. The smallest absolute Gasteiger partial charge is 0.152 e. The molecule has 1 aliphatic carbocycles. The zero-order valence-electron chi connectivity index (χ0n) is 16.4. The largest absolute Gasteiger partial charge is 0.497 e. The summed E-state index contributed by atoms with van der Waals surface area (Å²) in [6.45, 7) is 0. The van der Waals surface area contributed by atoms with Crippen molar-refractivity contribution >= 4 is 34.7 Å². The molecule has 1 fully saturated rings. The zero-order valence-corrected chi connectivity index (χ0v) is 17.2. The summed E-state index contributed by atoms with van der Waals surface area (Å²) in [5, 5.41) is 1.77. The van der Waals surface area contributed by atoms with Crippen molar-refractivity contribution in [1.29, 1.82) is 0 Å². The van der Waals surface area contributed by atoms with E-state index in [4.69, 9.17) is 32.1 Å². The van der Waals surface area contributed by atoms with Crippen molar-refractivity contribution in [3.8, 4) is 5.75 Å². The molecule has 0 spiro atoms. The molecule has 0 radical (unpaired) electrons. The van der Waals surface area contributed by atoms with Gasteiger partial charge in [-0.25, -0.2) is 9.97 Å². The number of hydrogen-bond donors (Lipinski definition) is 2. The lowest BCUT2D eigenvalue weighted by atomic mass is 9.83. The van der Waals surface area contributed by atoms with E-state index in [0.717, 1.165) is 53.6 Å². The third-order valence-corrected chi connectivity index (χ3v) is 5.96. The van der Waals surface area contributed by atoms with Gasteiger partial charge in [0.1, 0.15) is 5.75 Å². The average Bonchev–Trinajstić information content (AvgIpc) is 2.77. The van der Waals surface area contributed by atoms with Crippen molar-refractivity contribution in [1.82, 2.24) is 15.4 Å². The Morgan fingerprint density at radius 3 is 2.59 bits per heavy atom. The maximum Gasteiger partial charge on any atom is 0.152 e. The fourth-order valence-electron chi connectivity index (χ4n) is 3.97. The van der Waals surface area contributed by atoms with E-state index in [0.29, 0.717) is 22.8 Å². The van der Waals surface area contributed by atoms with Crippen molar-refractivity contribution in [2.24, 2.45) is 5.84 Å². The molecule has 1 heterocycles. The molecule has 2 aromatic carbocycles. The van der Waals surface area contributed by atoms with Crippen LogP contribution in [0.5, 0.6) is 5.75 Å². The van der Waals surface area contributed by atoms with Crippen molar-refractivity contribution in [2.45, 2.75) is 37.6 Å². The SMILES string of the molecule is COc1ccc2nc(/C=C\c3ccccc3Cl)nc(C3CCC(NN)CC3)c2c1. The molecule has 150 valence electrons. The fourth-order valence-corrected chi connectivity index (χ4v) is 4.17. The lowest BCUT2D eigenvalue weighted by Gasteiger charge is -2.28. The van der Waals surface area contributed by atoms with E-state index in [1.165, 1.54) is 0 Å². The van der Waals surface area contributed by atoms with E-state index in [9.17, 15) is 0 Å². The quantitative estimate of drug-likeness (QED) is 0.461. The minimum absolute atomic E-state index is 0.379. The van der Waals surface area contributed by atoms with Crippen molar-refractivity contribution in [3.63, 3.8) is 0 Å². The molecule has 0 aliphatic heterocycles. The minimum atomic E-state index is 0.379. The Labute approximate surface area is 175 Å². The Morgan fingerprint density at radius 1 is 1.07 bits per heavy atom. The second-order valence-electron chi connectivity index (χ2n) is 7.42. The number of benzene rings is 2. The molecule has 1 saturated carbocycles. The third-order valence-electron chi connectivity index (χ3n) is 5.62. The zero-order chi connectivity index (χ0) is 20.2. The number of hydrazine groups is 1. The topological polar surface area (TPSA) is 73.1 Å². The van der Waals surface area contributed by atoms with Crippen LogP contribution in [0.1, 0.15) is 48.7 Å². The molecule has 6 heteroatoms. The van der Waals surface area contributed by atoms with E-state index in [1.54, 1.807) is 7.11 Å². The summed E-state index contributed by atoms with van der Waals surface area (Å²) in [5.74, 6) is 7.52. The first-order valence-electron chi connectivity index (χ1n) is 9.92. The van der Waals surface area contributed by atoms with Crippen molar-refractivity contribution in [3.05, 3.63) is 64.6 Å². The molecule has 4 rings (SSSR count). The Morgan fingerprint density at radius 2 is 1.86 bits per heavy atom. The molecule has 1 aromatic heterocycles. The maximum atomic E-state index is 6.28. The number of methoxy groups -OCH3 is 1. The van der Waals surface area contributed by atoms with Crippen LogP contribution in [0.3, 0.4) is 0 Å². The number of halogens is 1. The van der Waals surface area contributed by atoms with Crippen molar-refractivity contribution < 1.29 is 4.74 Å². The summed E-state index contributed by atoms with van der Waals surface area (Å²) in [6.07, 6.45) is 8.08. The van der Waals surface area contributed by atoms with Crippen molar-refractivity contribution in [2.75, 3.05) is 7.11 Å². The third kappa shape index (κ3) is 4.42. The van der Waals surface area contributed by atoms with Crippen LogP contribution >= 0.6 is 11.6 Å². The van der Waals surface area contributed by atoms with Gasteiger partial charge in [0.2, 0.25) is 0 Å². The first-order valence-corrected chi connectivity index (χ1v) is 10.3. The van der Waals surface area contributed by atoms with Gasteiger partial charge in [-0.2, -0.15) is 0 Å². The molecular weight excluding hydrogens is 384 g/mol. The summed E-state index contributed by atoms with van der Waals surface area (Å²) < 4.78 is 5.44. The molecule has 0 bridgehead atoms. The van der Waals surface area contributed by atoms with Crippen LogP contribution in [0, 0.1) is 0 Å². The number of ether oxygens (including phenoxy) is 1. The molecule has 0 atom stereocenters. The fraction of sp³-hybridized carbons (Fsp3) is 0.304. The number of fused-ring (bicyclic) bond motifs is 1. The number of aromatic nitrogens is 2. The van der Waals surface area contributed by atoms with Gasteiger partial charge >= 0.3 is 0 Å². The van der Waals surface area contributed by atoms with Gasteiger partial charge in [-0.05, 0) is 67.7 Å². The second-order valence-corrected chi connectivity index (χ2v) is 7.83. The first-order chi connectivity index (χ1) is 14.2. The number of hydrogen-bond acceptors (Lipinski definition) is 5. The summed E-state index contributed by atoms with van der Waals surface area (Å²) in [4.78, 5) is 9.70. The van der Waals surface area contributed by atoms with Gasteiger partial charge in [0.25, 0.3) is 0 Å². The van der Waals surface area contributed by atoms with Crippen LogP contribution in [0.4, 0.5) is 0 Å². The molecule has 1 aliphatic rings. The first kappa shape index (κ1) is 19.8. The van der Waals surface area contributed by atoms with Gasteiger partial charge in [-0.1, -0.05) is 29.8 Å². The van der Waals surface area contributed by atoms with Crippen LogP contribution in [0.25, 0.3) is 23.1 Å². The number of nitrogens with one attached hydrogen (secondary N) is 1. The van der Waals surface area contributed by atoms with Gasteiger partial charge in [-0.15, -0.1) is 0 Å². The molecule has 5 nitrogen and oxygen atoms in total. The van der Waals surface area contributed by atoms with E-state index in [2.05, 4.69) is 5.43 Å². The summed E-state index contributed by atoms with van der Waals surface area (Å²) in [7, 11) is 1.68. The van der Waals surface area contributed by atoms with E-state index < -0.39 is 0 Å². The van der Waals surface area contributed by atoms with Gasteiger partial charge in [0.15, 0.2) is 5.82 Å². The summed E-state index contributed by atoms with van der Waals surface area (Å²) in [6, 6.07) is 14.1. The molecule has 0 amide bonds. The van der Waals surface area contributed by atoms with E-state index >= 15 is 0 Å². The average molecular weight is 409 g/mol. The Hall–Kier alpha value is -2.47. The molecular formula is C23H25ClN4O. The normalized spacial score (nSPS) is 19.7. The lowest BCUT2D eigenvalue weighted by Crippen LogP contribution is -2.37. The second kappa shape index (κ2) is 8.91. The van der Waals surface area contributed by atoms with Gasteiger partial charge in [-0.3, -0.25) is 11.3 Å². The van der Waals surface area contributed by atoms with Crippen LogP contribution < -0.4 is 16.0 Å². The Bertz CT molecular complexity index is 1030. The molecule has 0 unspecified atom stereocenters. The minimum Gasteiger partial charge on any atom is -0.497 e. The Kier molecular flexibility index (Phi) is 6.09.